The van der Waals surface area contributed by atoms with Crippen LogP contribution >= 0.6 is 15.6 Å². The van der Waals surface area contributed by atoms with E-state index in [0.29, 0.717) is 37.5 Å². The number of ether oxygens (including phenoxy) is 4. The van der Waals surface area contributed by atoms with Gasteiger partial charge in [-0.05, 0) is 49.4 Å². The molecule has 0 aliphatic rings. The molecule has 0 saturated heterocycles. The fourth-order valence-corrected chi connectivity index (χ4v) is 11.7. The minimum absolute atomic E-state index is 0.102. The van der Waals surface area contributed by atoms with Crippen molar-refractivity contribution in [2.45, 2.75) is 350 Å². The topological polar surface area (TPSA) is 237 Å². The van der Waals surface area contributed by atoms with E-state index in [1.165, 1.54) is 128 Å². The van der Waals surface area contributed by atoms with E-state index in [-0.39, 0.29) is 25.7 Å². The van der Waals surface area contributed by atoms with E-state index in [9.17, 15) is 43.2 Å². The van der Waals surface area contributed by atoms with Crippen LogP contribution in [0.2, 0.25) is 0 Å². The normalized spacial score (nSPS) is 14.3. The zero-order chi connectivity index (χ0) is 64.7. The molecular weight excluding hydrogens is 1150 g/mol. The van der Waals surface area contributed by atoms with Crippen molar-refractivity contribution in [2.75, 3.05) is 39.6 Å². The number of hydrogen-bond donors (Lipinski definition) is 3. The predicted octanol–water partition coefficient (Wildman–Crippen LogP) is 18.9. The number of unbranched alkanes of at least 4 members (excludes halogenated alkanes) is 31. The Kier molecular flexibility index (Phi) is 56.6. The van der Waals surface area contributed by atoms with E-state index >= 15 is 0 Å². The summed E-state index contributed by atoms with van der Waals surface area (Å²) in [5, 5.41) is 10.6. The van der Waals surface area contributed by atoms with Crippen molar-refractivity contribution in [1.29, 1.82) is 0 Å². The molecule has 516 valence electrons. The summed E-state index contributed by atoms with van der Waals surface area (Å²) in [6, 6.07) is 0. The molecule has 0 aromatic heterocycles. The van der Waals surface area contributed by atoms with Gasteiger partial charge in [-0.15, -0.1) is 0 Å². The van der Waals surface area contributed by atoms with Crippen LogP contribution in [0.25, 0.3) is 0 Å². The maximum Gasteiger partial charge on any atom is 0.472 e. The lowest BCUT2D eigenvalue weighted by Crippen LogP contribution is -2.30. The molecule has 19 heteroatoms. The summed E-state index contributed by atoms with van der Waals surface area (Å²) in [5.74, 6) is 0.786. The molecule has 17 nitrogen and oxygen atoms in total. The Bertz CT molecular complexity index is 1730. The van der Waals surface area contributed by atoms with Crippen LogP contribution in [0.4, 0.5) is 0 Å². The SMILES string of the molecule is CC(C)CCCCCCCCCCCCCCC(=O)O[C@H](COC(=O)CCCCCCCCCC(C)C)COP(=O)(O)OCC(O)COP(=O)(O)OC[C@@H](COC(=O)CCCCCCCCCCCC(C)C)OC(=O)CCCCCCCCCC(C)C. The highest BCUT2D eigenvalue weighted by Gasteiger charge is 2.30. The van der Waals surface area contributed by atoms with Crippen molar-refractivity contribution in [1.82, 2.24) is 0 Å². The Morgan fingerprint density at radius 3 is 0.713 bits per heavy atom. The highest BCUT2D eigenvalue weighted by molar-refractivity contribution is 7.47. The van der Waals surface area contributed by atoms with E-state index in [2.05, 4.69) is 55.4 Å². The first-order valence-corrected chi connectivity index (χ1v) is 38.2. The highest BCUT2D eigenvalue weighted by Crippen LogP contribution is 2.45. The van der Waals surface area contributed by atoms with Crippen molar-refractivity contribution < 1.29 is 80.2 Å². The standard InChI is InChI=1S/C68H132O17P2/c1-58(2)44-36-28-20-14-11-9-10-12-16-25-34-42-50-67(72)84-63(55-79-66(71)49-41-33-26-18-22-30-38-46-60(5)6)56-82-86(74,75)80-52-62(69)53-81-87(76,77)83-57-64(85-68(73)51-43-35-27-19-23-31-39-47-61(7)8)54-78-65(70)48-40-32-24-17-13-15-21-29-37-45-59(3)4/h58-64,69H,9-57H2,1-8H3,(H,74,75)(H,76,77)/t62?,63-,64-/m1/s1. The Balaban J connectivity index is 5.24. The van der Waals surface area contributed by atoms with Crippen molar-refractivity contribution in [3.8, 4) is 0 Å². The molecule has 0 amide bonds. The lowest BCUT2D eigenvalue weighted by Gasteiger charge is -2.21. The minimum Gasteiger partial charge on any atom is -0.462 e. The molecule has 87 heavy (non-hydrogen) atoms. The molecule has 0 bridgehead atoms. The first-order valence-electron chi connectivity index (χ1n) is 35.2. The second-order valence-electron chi connectivity index (χ2n) is 26.5. The van der Waals surface area contributed by atoms with Gasteiger partial charge in [-0.3, -0.25) is 37.3 Å². The smallest absolute Gasteiger partial charge is 0.462 e. The van der Waals surface area contributed by atoms with Crippen molar-refractivity contribution in [3.05, 3.63) is 0 Å². The molecule has 0 aliphatic heterocycles. The largest absolute Gasteiger partial charge is 0.472 e. The first-order chi connectivity index (χ1) is 41.6. The third-order valence-corrected chi connectivity index (χ3v) is 17.5. The third kappa shape index (κ3) is 62.6. The summed E-state index contributed by atoms with van der Waals surface area (Å²) >= 11 is 0. The van der Waals surface area contributed by atoms with E-state index in [0.717, 1.165) is 108 Å². The van der Waals surface area contributed by atoms with Crippen LogP contribution < -0.4 is 0 Å². The van der Waals surface area contributed by atoms with E-state index in [1.54, 1.807) is 0 Å². The van der Waals surface area contributed by atoms with Crippen LogP contribution in [-0.2, 0) is 65.4 Å². The van der Waals surface area contributed by atoms with Gasteiger partial charge < -0.3 is 33.8 Å². The maximum absolute atomic E-state index is 13.0. The fourth-order valence-electron chi connectivity index (χ4n) is 10.1. The minimum atomic E-state index is -4.95. The quantitative estimate of drug-likeness (QED) is 0.0222. The second-order valence-corrected chi connectivity index (χ2v) is 29.4. The van der Waals surface area contributed by atoms with Crippen LogP contribution in [0.3, 0.4) is 0 Å². The number of esters is 4. The molecule has 0 rings (SSSR count). The summed E-state index contributed by atoms with van der Waals surface area (Å²) < 4.78 is 68.2. The fraction of sp³-hybridized carbons (Fsp3) is 0.941. The molecule has 0 aromatic carbocycles. The van der Waals surface area contributed by atoms with Gasteiger partial charge in [0, 0.05) is 25.7 Å². The first kappa shape index (κ1) is 85.1. The predicted molar refractivity (Wildman–Crippen MR) is 349 cm³/mol. The molecule has 5 atom stereocenters. The Morgan fingerprint density at radius 2 is 0.483 bits per heavy atom. The molecule has 0 spiro atoms. The van der Waals surface area contributed by atoms with Crippen molar-refractivity contribution in [3.63, 3.8) is 0 Å². The molecule has 0 aliphatic carbocycles. The number of phosphoric acid groups is 2. The number of carbonyl (C=O) groups excluding carboxylic acids is 4. The van der Waals surface area contributed by atoms with E-state index in [4.69, 9.17) is 37.0 Å². The van der Waals surface area contributed by atoms with Gasteiger partial charge in [0.2, 0.25) is 0 Å². The Hall–Kier alpha value is -1.94. The number of phosphoric ester groups is 2. The van der Waals surface area contributed by atoms with Crippen molar-refractivity contribution in [2.24, 2.45) is 23.7 Å². The summed E-state index contributed by atoms with van der Waals surface area (Å²) in [6.07, 6.45) is 39.1. The lowest BCUT2D eigenvalue weighted by atomic mass is 10.0. The molecule has 0 heterocycles. The van der Waals surface area contributed by atoms with Gasteiger partial charge in [0.05, 0.1) is 26.4 Å². The van der Waals surface area contributed by atoms with Crippen LogP contribution in [0, 0.1) is 23.7 Å². The average Bonchev–Trinajstić information content (AvgIpc) is 3.53. The van der Waals surface area contributed by atoms with Crippen LogP contribution in [0.5, 0.6) is 0 Å². The number of aliphatic hydroxyl groups is 1. The summed E-state index contributed by atoms with van der Waals surface area (Å²) in [7, 11) is -9.90. The lowest BCUT2D eigenvalue weighted by molar-refractivity contribution is -0.161. The number of hydrogen-bond acceptors (Lipinski definition) is 15. The molecule has 0 aromatic rings. The van der Waals surface area contributed by atoms with Crippen molar-refractivity contribution >= 4 is 39.5 Å². The summed E-state index contributed by atoms with van der Waals surface area (Å²) in [6.45, 7) is 14.0. The van der Waals surface area contributed by atoms with Gasteiger partial charge in [0.25, 0.3) is 0 Å². The van der Waals surface area contributed by atoms with E-state index < -0.39 is 97.5 Å². The van der Waals surface area contributed by atoms with Crippen LogP contribution in [0.1, 0.15) is 331 Å². The van der Waals surface area contributed by atoms with Gasteiger partial charge in [-0.1, -0.05) is 280 Å². The van der Waals surface area contributed by atoms with Crippen LogP contribution in [0.15, 0.2) is 0 Å². The molecule has 0 fully saturated rings. The average molecular weight is 1280 g/mol. The number of carbonyl (C=O) groups is 4. The molecule has 0 radical (unpaired) electrons. The maximum atomic E-state index is 13.0. The van der Waals surface area contributed by atoms with Crippen LogP contribution in [-0.4, -0.2) is 96.7 Å². The number of rotatable bonds is 65. The zero-order valence-electron chi connectivity index (χ0n) is 56.6. The number of aliphatic hydroxyl groups excluding tert-OH is 1. The van der Waals surface area contributed by atoms with Gasteiger partial charge in [-0.2, -0.15) is 0 Å². The molecule has 3 unspecified atom stereocenters. The second kappa shape index (κ2) is 57.9. The van der Waals surface area contributed by atoms with E-state index in [1.807, 2.05) is 0 Å². The molecular formula is C68H132O17P2. The molecule has 3 N–H and O–H groups in total. The highest BCUT2D eigenvalue weighted by atomic mass is 31.2. The van der Waals surface area contributed by atoms with Gasteiger partial charge in [0.15, 0.2) is 12.2 Å². The van der Waals surface area contributed by atoms with Gasteiger partial charge in [0.1, 0.15) is 19.3 Å². The zero-order valence-corrected chi connectivity index (χ0v) is 58.4. The summed E-state index contributed by atoms with van der Waals surface area (Å²) in [5.41, 5.74) is 0. The molecule has 0 saturated carbocycles. The third-order valence-electron chi connectivity index (χ3n) is 15.6. The summed E-state index contributed by atoms with van der Waals surface area (Å²) in [4.78, 5) is 72.4. The monoisotopic (exact) mass is 1280 g/mol. The Morgan fingerprint density at radius 1 is 0.287 bits per heavy atom. The van der Waals surface area contributed by atoms with Gasteiger partial charge in [-0.25, -0.2) is 9.13 Å². The van der Waals surface area contributed by atoms with Gasteiger partial charge >= 0.3 is 39.5 Å². The Labute approximate surface area is 530 Å².